The summed E-state index contributed by atoms with van der Waals surface area (Å²) in [5.74, 6) is 0. The van der Waals surface area contributed by atoms with Gasteiger partial charge in [-0.15, -0.1) is 0 Å². The number of aromatic amines is 1. The largest absolute Gasteiger partial charge is 0.323 e. The van der Waals surface area contributed by atoms with Gasteiger partial charge in [0, 0.05) is 16.6 Å². The van der Waals surface area contributed by atoms with E-state index in [9.17, 15) is 4.79 Å². The van der Waals surface area contributed by atoms with Crippen molar-refractivity contribution in [2.45, 2.75) is 25.3 Å². The van der Waals surface area contributed by atoms with Crippen LogP contribution in [0.2, 0.25) is 0 Å². The predicted octanol–water partition coefficient (Wildman–Crippen LogP) is 0.772. The number of hydrogen-bond donors (Lipinski definition) is 2. The van der Waals surface area contributed by atoms with Crippen molar-refractivity contribution in [3.63, 3.8) is 0 Å². The number of fused-ring (bicyclic) bond motifs is 1. The number of rotatable bonds is 0. The van der Waals surface area contributed by atoms with Gasteiger partial charge in [0.15, 0.2) is 0 Å². The van der Waals surface area contributed by atoms with Gasteiger partial charge >= 0.3 is 4.87 Å². The highest BCUT2D eigenvalue weighted by atomic mass is 32.1. The smallest absolute Gasteiger partial charge is 0.304 e. The van der Waals surface area contributed by atoms with Gasteiger partial charge in [-0.25, -0.2) is 0 Å². The normalized spacial score (nSPS) is 23.2. The molecular formula is C7H10N2OS. The molecule has 1 aromatic rings. The second kappa shape index (κ2) is 2.46. The first-order valence-electron chi connectivity index (χ1n) is 3.75. The van der Waals surface area contributed by atoms with Crippen molar-refractivity contribution in [1.82, 2.24) is 4.98 Å². The second-order valence-corrected chi connectivity index (χ2v) is 3.87. The van der Waals surface area contributed by atoms with Gasteiger partial charge in [-0.2, -0.15) is 0 Å². The summed E-state index contributed by atoms with van der Waals surface area (Å²) in [6.07, 6.45) is 3.10. The first-order valence-corrected chi connectivity index (χ1v) is 4.56. The van der Waals surface area contributed by atoms with Crippen LogP contribution >= 0.6 is 11.3 Å². The molecule has 0 fully saturated rings. The van der Waals surface area contributed by atoms with Crippen molar-refractivity contribution in [3.05, 3.63) is 20.2 Å². The molecule has 0 aromatic carbocycles. The minimum atomic E-state index is 0.0346. The number of H-pyrrole nitrogens is 1. The summed E-state index contributed by atoms with van der Waals surface area (Å²) in [5, 5.41) is 0. The van der Waals surface area contributed by atoms with E-state index < -0.39 is 0 Å². The van der Waals surface area contributed by atoms with Crippen molar-refractivity contribution in [1.29, 1.82) is 0 Å². The van der Waals surface area contributed by atoms with Crippen molar-refractivity contribution < 1.29 is 0 Å². The molecule has 0 radical (unpaired) electrons. The number of aryl methyl sites for hydroxylation is 1. The molecule has 3 nitrogen and oxygen atoms in total. The summed E-state index contributed by atoms with van der Waals surface area (Å²) in [5.41, 5.74) is 6.88. The minimum Gasteiger partial charge on any atom is -0.323 e. The second-order valence-electron chi connectivity index (χ2n) is 2.86. The van der Waals surface area contributed by atoms with Gasteiger partial charge in [0.05, 0.1) is 0 Å². The Morgan fingerprint density at radius 3 is 3.18 bits per heavy atom. The summed E-state index contributed by atoms with van der Waals surface area (Å²) in [6, 6.07) is 0.0997. The Morgan fingerprint density at radius 1 is 1.64 bits per heavy atom. The molecule has 0 amide bonds. The molecule has 0 spiro atoms. The Bertz CT molecular complexity index is 314. The van der Waals surface area contributed by atoms with Crippen LogP contribution in [0.5, 0.6) is 0 Å². The van der Waals surface area contributed by atoms with Crippen molar-refractivity contribution in [2.75, 3.05) is 0 Å². The first-order chi connectivity index (χ1) is 5.27. The van der Waals surface area contributed by atoms with E-state index in [0.29, 0.717) is 0 Å². The van der Waals surface area contributed by atoms with E-state index in [1.165, 1.54) is 11.3 Å². The SMILES string of the molecule is NC1CCCc2[nH]c(=O)sc21. The fourth-order valence-electron chi connectivity index (χ4n) is 1.49. The van der Waals surface area contributed by atoms with Crippen LogP contribution in [0, 0.1) is 0 Å². The van der Waals surface area contributed by atoms with E-state index in [1.54, 1.807) is 0 Å². The van der Waals surface area contributed by atoms with Crippen LogP contribution in [0.4, 0.5) is 0 Å². The van der Waals surface area contributed by atoms with Gasteiger partial charge in [-0.1, -0.05) is 11.3 Å². The molecule has 1 aromatic heterocycles. The summed E-state index contributed by atoms with van der Waals surface area (Å²) >= 11 is 1.26. The monoisotopic (exact) mass is 170 g/mol. The highest BCUT2D eigenvalue weighted by Crippen LogP contribution is 2.27. The van der Waals surface area contributed by atoms with Crippen LogP contribution in [0.1, 0.15) is 29.5 Å². The maximum absolute atomic E-state index is 10.9. The molecule has 1 aliphatic carbocycles. The zero-order valence-electron chi connectivity index (χ0n) is 6.09. The fraction of sp³-hybridized carbons (Fsp3) is 0.571. The van der Waals surface area contributed by atoms with E-state index in [-0.39, 0.29) is 10.9 Å². The number of nitrogens with one attached hydrogen (secondary N) is 1. The van der Waals surface area contributed by atoms with Crippen LogP contribution in [0.25, 0.3) is 0 Å². The number of aromatic nitrogens is 1. The van der Waals surface area contributed by atoms with Crippen molar-refractivity contribution >= 4 is 11.3 Å². The summed E-state index contributed by atoms with van der Waals surface area (Å²) < 4.78 is 0. The van der Waals surface area contributed by atoms with Gasteiger partial charge < -0.3 is 10.7 Å². The average molecular weight is 170 g/mol. The Morgan fingerprint density at radius 2 is 2.45 bits per heavy atom. The molecule has 0 bridgehead atoms. The zero-order chi connectivity index (χ0) is 7.84. The molecular weight excluding hydrogens is 160 g/mol. The topological polar surface area (TPSA) is 58.9 Å². The molecule has 1 atom stereocenters. The van der Waals surface area contributed by atoms with E-state index in [0.717, 1.165) is 29.8 Å². The highest BCUT2D eigenvalue weighted by Gasteiger charge is 2.19. The zero-order valence-corrected chi connectivity index (χ0v) is 6.91. The average Bonchev–Trinajstić information content (AvgIpc) is 2.31. The quantitative estimate of drug-likeness (QED) is 0.604. The van der Waals surface area contributed by atoms with Gasteiger partial charge in [-0.3, -0.25) is 4.79 Å². The van der Waals surface area contributed by atoms with Gasteiger partial charge in [-0.05, 0) is 19.3 Å². The van der Waals surface area contributed by atoms with Crippen molar-refractivity contribution in [2.24, 2.45) is 5.73 Å². The Balaban J connectivity index is 2.52. The van der Waals surface area contributed by atoms with Gasteiger partial charge in [0.2, 0.25) is 0 Å². The van der Waals surface area contributed by atoms with E-state index in [2.05, 4.69) is 4.98 Å². The number of thiazole rings is 1. The molecule has 1 unspecified atom stereocenters. The van der Waals surface area contributed by atoms with Crippen LogP contribution in [-0.4, -0.2) is 4.98 Å². The third kappa shape index (κ3) is 1.12. The standard InChI is InChI=1S/C7H10N2OS/c8-4-2-1-3-5-6(4)11-7(10)9-5/h4H,1-3,8H2,(H,9,10). The lowest BCUT2D eigenvalue weighted by Gasteiger charge is -2.16. The van der Waals surface area contributed by atoms with Gasteiger partial charge in [0.1, 0.15) is 0 Å². The first kappa shape index (κ1) is 7.06. The molecule has 0 saturated carbocycles. The lowest BCUT2D eigenvalue weighted by Crippen LogP contribution is -2.15. The number of hydrogen-bond acceptors (Lipinski definition) is 3. The minimum absolute atomic E-state index is 0.0346. The highest BCUT2D eigenvalue weighted by molar-refractivity contribution is 7.09. The van der Waals surface area contributed by atoms with E-state index in [1.807, 2.05) is 0 Å². The van der Waals surface area contributed by atoms with E-state index in [4.69, 9.17) is 5.73 Å². The lowest BCUT2D eigenvalue weighted by atomic mass is 9.99. The molecule has 60 valence electrons. The van der Waals surface area contributed by atoms with E-state index >= 15 is 0 Å². The molecule has 1 aliphatic rings. The molecule has 2 rings (SSSR count). The van der Waals surface area contributed by atoms with Crippen LogP contribution in [-0.2, 0) is 6.42 Å². The molecule has 3 N–H and O–H groups in total. The Kier molecular flexibility index (Phi) is 1.58. The maximum Gasteiger partial charge on any atom is 0.304 e. The van der Waals surface area contributed by atoms with Crippen LogP contribution < -0.4 is 10.6 Å². The van der Waals surface area contributed by atoms with Crippen LogP contribution in [0.3, 0.4) is 0 Å². The summed E-state index contributed by atoms with van der Waals surface area (Å²) in [4.78, 5) is 14.8. The summed E-state index contributed by atoms with van der Waals surface area (Å²) in [6.45, 7) is 0. The number of nitrogens with two attached hydrogens (primary N) is 1. The molecule has 1 heterocycles. The molecule has 0 aliphatic heterocycles. The molecule has 4 heteroatoms. The van der Waals surface area contributed by atoms with Gasteiger partial charge in [0.25, 0.3) is 0 Å². The summed E-state index contributed by atoms with van der Waals surface area (Å²) in [7, 11) is 0. The Hall–Kier alpha value is -0.610. The molecule has 11 heavy (non-hydrogen) atoms. The fourth-order valence-corrected chi connectivity index (χ4v) is 2.41. The maximum atomic E-state index is 10.9. The lowest BCUT2D eigenvalue weighted by molar-refractivity contribution is 0.573. The molecule has 0 saturated heterocycles. The van der Waals surface area contributed by atoms with Crippen LogP contribution in [0.15, 0.2) is 4.79 Å². The van der Waals surface area contributed by atoms with Crippen molar-refractivity contribution in [3.8, 4) is 0 Å². The third-order valence-corrected chi connectivity index (χ3v) is 3.09. The predicted molar refractivity (Wildman–Crippen MR) is 44.8 cm³/mol. The third-order valence-electron chi connectivity index (χ3n) is 2.03. The Labute approximate surface area is 68.2 Å².